The summed E-state index contributed by atoms with van der Waals surface area (Å²) in [5, 5.41) is 3.38. The molecule has 14 nitrogen and oxygen atoms in total. The van der Waals surface area contributed by atoms with Crippen molar-refractivity contribution in [1.29, 1.82) is 0 Å². The normalized spacial score (nSPS) is 19.7. The lowest BCUT2D eigenvalue weighted by Crippen LogP contribution is -2.61. The van der Waals surface area contributed by atoms with E-state index in [0.717, 1.165) is 52.7 Å². The van der Waals surface area contributed by atoms with Gasteiger partial charge in [0.05, 0.1) is 36.1 Å². The Balaban J connectivity index is 0.983. The highest BCUT2D eigenvalue weighted by atomic mass is 16.5. The molecule has 5 heterocycles. The van der Waals surface area contributed by atoms with Crippen molar-refractivity contribution >= 4 is 48.5 Å². The first-order valence-electron chi connectivity index (χ1n) is 18.4. The number of hydrogen-bond acceptors (Lipinski definition) is 10. The molecule has 5 amide bonds. The van der Waals surface area contributed by atoms with Crippen molar-refractivity contribution in [3.63, 3.8) is 0 Å². The third-order valence-corrected chi connectivity index (χ3v) is 11.3. The van der Waals surface area contributed by atoms with Crippen LogP contribution in [0.15, 0.2) is 46.3 Å². The van der Waals surface area contributed by atoms with Gasteiger partial charge in [-0.25, -0.2) is 0 Å². The lowest BCUT2D eigenvalue weighted by Gasteiger charge is -2.53. The second-order valence-corrected chi connectivity index (χ2v) is 14.6. The summed E-state index contributed by atoms with van der Waals surface area (Å²) in [6, 6.07) is 7.40. The van der Waals surface area contributed by atoms with Crippen LogP contribution in [0, 0.1) is 17.3 Å². The number of rotatable bonds is 7. The minimum Gasteiger partial charge on any atom is -0.496 e. The van der Waals surface area contributed by atoms with E-state index in [4.69, 9.17) is 9.47 Å². The Morgan fingerprint density at radius 2 is 1.66 bits per heavy atom. The molecule has 4 aliphatic rings. The molecule has 4 aliphatic heterocycles. The van der Waals surface area contributed by atoms with E-state index < -0.39 is 29.7 Å². The van der Waals surface area contributed by atoms with Gasteiger partial charge in [0.25, 0.3) is 23.3 Å². The van der Waals surface area contributed by atoms with Gasteiger partial charge in [0.1, 0.15) is 17.5 Å². The number of likely N-dealkylation sites (tertiary alicyclic amines) is 2. The summed E-state index contributed by atoms with van der Waals surface area (Å²) < 4.78 is 13.3. The first kappa shape index (κ1) is 38.0. The maximum atomic E-state index is 13.2. The number of carbonyl (C=O) groups excluding carboxylic acids is 5. The molecule has 1 atom stereocenters. The molecule has 0 bridgehead atoms. The zero-order valence-electron chi connectivity index (χ0n) is 31.8. The molecule has 3 fully saturated rings. The standard InChI is InChI=1S/C42H42N6O8/c1-6-27-30(20-43-2)39(52)45(3)21-31(27)26-18-34(55-4)32(35(19-26)56-5)22-46-15-13-42(14-16-46)23-47(24-42)37(50)12-8-25-7-9-28-29(17-25)41(54)48(40(28)53)33-10-11-36(49)44-38(33)51/h6-7,9,17-21,33H,2,10-11,13-16,22-24H2,1,3-5H3,(H,44,49,51)/b27-6+,30-20+. The molecule has 3 aromatic rings. The Bertz CT molecular complexity index is 2430. The molecule has 1 unspecified atom stereocenters. The number of imide groups is 2. The number of amides is 5. The Morgan fingerprint density at radius 1 is 0.982 bits per heavy atom. The molecule has 1 N–H and O–H groups in total. The Morgan fingerprint density at radius 3 is 2.29 bits per heavy atom. The second-order valence-electron chi connectivity index (χ2n) is 14.6. The third kappa shape index (κ3) is 6.79. The SMILES string of the molecule is C=N/C=c1/c(=O)n(C)cc(-c2cc(OC)c(CN3CCC4(CC3)CN(C(=O)C#Cc3ccc5c(c3)C(=O)N(C3CCC(=O)NC3=O)C5=O)C4)c(OC)c2)/c1=C/C. The Labute approximate surface area is 323 Å². The van der Waals surface area contributed by atoms with E-state index in [1.807, 2.05) is 25.1 Å². The molecule has 288 valence electrons. The predicted molar refractivity (Wildman–Crippen MR) is 207 cm³/mol. The van der Waals surface area contributed by atoms with Crippen molar-refractivity contribution in [2.45, 2.75) is 45.2 Å². The third-order valence-electron chi connectivity index (χ3n) is 11.3. The zero-order chi connectivity index (χ0) is 39.9. The molecule has 7 rings (SSSR count). The summed E-state index contributed by atoms with van der Waals surface area (Å²) in [6.45, 7) is 8.87. The van der Waals surface area contributed by atoms with Gasteiger partial charge in [0.2, 0.25) is 11.8 Å². The molecule has 56 heavy (non-hydrogen) atoms. The summed E-state index contributed by atoms with van der Waals surface area (Å²) in [5.74, 6) is 4.24. The molecule has 1 aromatic heterocycles. The van der Waals surface area contributed by atoms with Gasteiger partial charge in [-0.1, -0.05) is 12.0 Å². The molecular formula is C42H42N6O8. The van der Waals surface area contributed by atoms with Crippen LogP contribution in [0.4, 0.5) is 0 Å². The van der Waals surface area contributed by atoms with Gasteiger partial charge in [-0.15, -0.1) is 0 Å². The average molecular weight is 759 g/mol. The van der Waals surface area contributed by atoms with Crippen molar-refractivity contribution in [2.24, 2.45) is 17.5 Å². The maximum Gasteiger partial charge on any atom is 0.298 e. The predicted octanol–water partition coefficient (Wildman–Crippen LogP) is 1.19. The molecule has 1 spiro atoms. The fraction of sp³-hybridized carbons (Fsp3) is 0.357. The number of aryl methyl sites for hydroxylation is 1. The van der Waals surface area contributed by atoms with Crippen LogP contribution in [0.25, 0.3) is 23.4 Å². The molecule has 0 saturated carbocycles. The van der Waals surface area contributed by atoms with Crippen LogP contribution in [0.2, 0.25) is 0 Å². The minimum atomic E-state index is -1.06. The lowest BCUT2D eigenvalue weighted by atomic mass is 9.72. The quantitative estimate of drug-likeness (QED) is 0.212. The van der Waals surface area contributed by atoms with E-state index in [9.17, 15) is 28.8 Å². The van der Waals surface area contributed by atoms with Crippen LogP contribution in [-0.4, -0.2) is 102 Å². The summed E-state index contributed by atoms with van der Waals surface area (Å²) in [4.78, 5) is 84.9. The van der Waals surface area contributed by atoms with Gasteiger partial charge in [-0.2, -0.15) is 0 Å². The van der Waals surface area contributed by atoms with Crippen molar-refractivity contribution in [3.8, 4) is 34.5 Å². The molecule has 2 aromatic carbocycles. The van der Waals surface area contributed by atoms with E-state index in [1.165, 1.54) is 22.9 Å². The number of nitrogens with one attached hydrogen (secondary N) is 1. The number of benzene rings is 2. The number of aromatic nitrogens is 1. The maximum absolute atomic E-state index is 13.2. The average Bonchev–Trinajstić information content (AvgIpc) is 3.42. The molecule has 0 radical (unpaired) electrons. The van der Waals surface area contributed by atoms with Gasteiger partial charge in [0, 0.05) is 68.0 Å². The van der Waals surface area contributed by atoms with E-state index in [2.05, 4.69) is 33.8 Å². The first-order chi connectivity index (χ1) is 26.9. The highest BCUT2D eigenvalue weighted by Gasteiger charge is 2.47. The Hall–Kier alpha value is -6.33. The van der Waals surface area contributed by atoms with E-state index in [-0.39, 0.29) is 40.8 Å². The fourth-order valence-corrected chi connectivity index (χ4v) is 8.21. The van der Waals surface area contributed by atoms with E-state index in [1.54, 1.807) is 38.4 Å². The van der Waals surface area contributed by atoms with Crippen LogP contribution in [0.1, 0.15) is 64.4 Å². The number of hydrogen-bond donors (Lipinski definition) is 1. The number of piperidine rings is 2. The number of nitrogens with zero attached hydrogens (tertiary/aromatic N) is 5. The summed E-state index contributed by atoms with van der Waals surface area (Å²) >= 11 is 0. The van der Waals surface area contributed by atoms with Crippen LogP contribution < -0.4 is 30.8 Å². The number of methoxy groups -OCH3 is 2. The van der Waals surface area contributed by atoms with Crippen molar-refractivity contribution < 1.29 is 33.4 Å². The summed E-state index contributed by atoms with van der Waals surface area (Å²) in [6.07, 6.45) is 7.07. The molecule has 3 saturated heterocycles. The number of carbonyl (C=O) groups is 5. The minimum absolute atomic E-state index is 0.0109. The molecule has 0 aliphatic carbocycles. The topological polar surface area (TPSA) is 160 Å². The van der Waals surface area contributed by atoms with Crippen LogP contribution in [0.5, 0.6) is 11.5 Å². The van der Waals surface area contributed by atoms with Gasteiger partial charge >= 0.3 is 0 Å². The van der Waals surface area contributed by atoms with E-state index in [0.29, 0.717) is 41.9 Å². The fourth-order valence-electron chi connectivity index (χ4n) is 8.21. The number of ether oxygens (including phenoxy) is 2. The van der Waals surface area contributed by atoms with Crippen LogP contribution in [-0.2, 0) is 28.0 Å². The Kier molecular flexibility index (Phi) is 10.2. The smallest absolute Gasteiger partial charge is 0.298 e. The monoisotopic (exact) mass is 758 g/mol. The van der Waals surface area contributed by atoms with Crippen molar-refractivity contribution in [2.75, 3.05) is 40.4 Å². The van der Waals surface area contributed by atoms with Crippen molar-refractivity contribution in [1.82, 2.24) is 24.6 Å². The van der Waals surface area contributed by atoms with Crippen LogP contribution >= 0.6 is 0 Å². The highest BCUT2D eigenvalue weighted by Crippen LogP contribution is 2.42. The summed E-state index contributed by atoms with van der Waals surface area (Å²) in [5.41, 5.74) is 3.09. The van der Waals surface area contributed by atoms with Gasteiger partial charge in [-0.05, 0) is 87.1 Å². The zero-order valence-corrected chi connectivity index (χ0v) is 31.8. The van der Waals surface area contributed by atoms with Gasteiger partial charge < -0.3 is 18.9 Å². The molecular weight excluding hydrogens is 716 g/mol. The van der Waals surface area contributed by atoms with E-state index >= 15 is 0 Å². The van der Waals surface area contributed by atoms with Gasteiger partial charge in [-0.3, -0.25) is 48.9 Å². The second kappa shape index (κ2) is 15.1. The molecule has 14 heteroatoms. The summed E-state index contributed by atoms with van der Waals surface area (Å²) in [7, 11) is 4.97. The number of fused-ring (bicyclic) bond motifs is 1. The van der Waals surface area contributed by atoms with Crippen molar-refractivity contribution in [3.05, 3.63) is 79.6 Å². The number of pyridine rings is 1. The number of aliphatic imine (C=N–C) groups is 1. The highest BCUT2D eigenvalue weighted by molar-refractivity contribution is 6.23. The van der Waals surface area contributed by atoms with Gasteiger partial charge in [0.15, 0.2) is 0 Å². The lowest BCUT2D eigenvalue weighted by molar-refractivity contribution is -0.140. The first-order valence-corrected chi connectivity index (χ1v) is 18.4. The van der Waals surface area contributed by atoms with Crippen LogP contribution in [0.3, 0.4) is 0 Å². The largest absolute Gasteiger partial charge is 0.496 e.